The van der Waals surface area contributed by atoms with Crippen molar-refractivity contribution in [3.8, 4) is 12.3 Å². The van der Waals surface area contributed by atoms with Crippen molar-refractivity contribution < 1.29 is 9.53 Å². The van der Waals surface area contributed by atoms with E-state index in [1.165, 1.54) is 0 Å². The molecule has 3 nitrogen and oxygen atoms in total. The summed E-state index contributed by atoms with van der Waals surface area (Å²) in [5.74, 6) is 2.24. The lowest BCUT2D eigenvalue weighted by atomic mass is 10.1. The summed E-state index contributed by atoms with van der Waals surface area (Å²) in [6.07, 6.45) is 6.50. The number of terminal acetylenes is 1. The molecule has 90 valence electrons. The number of carbonyl (C=O) groups is 1. The van der Waals surface area contributed by atoms with E-state index in [0.29, 0.717) is 25.9 Å². The molecule has 1 aromatic rings. The zero-order valence-corrected chi connectivity index (χ0v) is 9.76. The zero-order valence-electron chi connectivity index (χ0n) is 9.76. The van der Waals surface area contributed by atoms with E-state index in [4.69, 9.17) is 16.9 Å². The predicted octanol–water partition coefficient (Wildman–Crippen LogP) is 1.86. The van der Waals surface area contributed by atoms with Gasteiger partial charge in [-0.25, -0.2) is 0 Å². The van der Waals surface area contributed by atoms with Crippen molar-refractivity contribution >= 4 is 5.97 Å². The van der Waals surface area contributed by atoms with E-state index in [0.717, 1.165) is 5.56 Å². The van der Waals surface area contributed by atoms with Gasteiger partial charge in [-0.05, 0) is 12.0 Å². The molecule has 3 heteroatoms. The molecule has 0 radical (unpaired) electrons. The van der Waals surface area contributed by atoms with E-state index < -0.39 is 0 Å². The summed E-state index contributed by atoms with van der Waals surface area (Å²) in [5, 5.41) is 0. The summed E-state index contributed by atoms with van der Waals surface area (Å²) in [6, 6.07) is 9.45. The molecule has 0 aliphatic heterocycles. The molecule has 0 fully saturated rings. The Morgan fingerprint density at radius 2 is 2.12 bits per heavy atom. The minimum Gasteiger partial charge on any atom is -0.461 e. The Kier molecular flexibility index (Phi) is 5.84. The topological polar surface area (TPSA) is 52.3 Å². The number of hydrogen-bond donors (Lipinski definition) is 1. The fourth-order valence-corrected chi connectivity index (χ4v) is 1.37. The Hall–Kier alpha value is -1.79. The molecule has 0 saturated heterocycles. The molecule has 0 spiro atoms. The van der Waals surface area contributed by atoms with Gasteiger partial charge in [0.25, 0.3) is 0 Å². The molecule has 0 aliphatic rings. The van der Waals surface area contributed by atoms with Crippen LogP contribution >= 0.6 is 0 Å². The number of hydrogen-bond acceptors (Lipinski definition) is 3. The van der Waals surface area contributed by atoms with Crippen LogP contribution in [0.1, 0.15) is 24.8 Å². The Morgan fingerprint density at radius 3 is 2.76 bits per heavy atom. The van der Waals surface area contributed by atoms with Crippen LogP contribution in [0, 0.1) is 12.3 Å². The largest absolute Gasteiger partial charge is 0.461 e. The van der Waals surface area contributed by atoms with Crippen LogP contribution in [0.15, 0.2) is 30.3 Å². The molecule has 0 aromatic heterocycles. The van der Waals surface area contributed by atoms with Gasteiger partial charge >= 0.3 is 5.97 Å². The van der Waals surface area contributed by atoms with E-state index in [9.17, 15) is 4.79 Å². The van der Waals surface area contributed by atoms with Crippen LogP contribution in [0.2, 0.25) is 0 Å². The number of rotatable bonds is 6. The average Bonchev–Trinajstić information content (AvgIpc) is 2.35. The van der Waals surface area contributed by atoms with Crippen LogP contribution in [-0.2, 0) is 16.1 Å². The van der Waals surface area contributed by atoms with Crippen LogP contribution in [0.3, 0.4) is 0 Å². The molecule has 0 bridgehead atoms. The maximum atomic E-state index is 11.4. The van der Waals surface area contributed by atoms with Crippen molar-refractivity contribution in [2.45, 2.75) is 31.9 Å². The van der Waals surface area contributed by atoms with Gasteiger partial charge in [-0.2, -0.15) is 0 Å². The Balaban J connectivity index is 2.20. The number of esters is 1. The lowest BCUT2D eigenvalue weighted by Crippen LogP contribution is -2.20. The second-order valence-corrected chi connectivity index (χ2v) is 3.85. The van der Waals surface area contributed by atoms with Gasteiger partial charge in [0.2, 0.25) is 0 Å². The molecular weight excluding hydrogens is 214 g/mol. The summed E-state index contributed by atoms with van der Waals surface area (Å²) >= 11 is 0. The molecule has 2 N–H and O–H groups in total. The molecule has 1 aromatic carbocycles. The van der Waals surface area contributed by atoms with Gasteiger partial charge in [0.1, 0.15) is 6.61 Å². The fourth-order valence-electron chi connectivity index (χ4n) is 1.37. The predicted molar refractivity (Wildman–Crippen MR) is 66.9 cm³/mol. The zero-order chi connectivity index (χ0) is 12.5. The van der Waals surface area contributed by atoms with Crippen molar-refractivity contribution in [1.29, 1.82) is 0 Å². The number of ether oxygens (including phenoxy) is 1. The minimum absolute atomic E-state index is 0.121. The number of nitrogens with two attached hydrogens (primary N) is 1. The maximum Gasteiger partial charge on any atom is 0.306 e. The highest BCUT2D eigenvalue weighted by molar-refractivity contribution is 5.69. The van der Waals surface area contributed by atoms with Crippen molar-refractivity contribution in [2.24, 2.45) is 5.73 Å². The molecular formula is C14H17NO2. The SMILES string of the molecule is C#CC[C@@H](N)CCC(=O)OCc1ccccc1. The second-order valence-electron chi connectivity index (χ2n) is 3.85. The lowest BCUT2D eigenvalue weighted by molar-refractivity contribution is -0.145. The van der Waals surface area contributed by atoms with E-state index in [-0.39, 0.29) is 12.0 Å². The Labute approximate surface area is 102 Å². The first kappa shape index (κ1) is 13.3. The van der Waals surface area contributed by atoms with Crippen LogP contribution in [0.25, 0.3) is 0 Å². The smallest absolute Gasteiger partial charge is 0.306 e. The van der Waals surface area contributed by atoms with Gasteiger partial charge in [0.05, 0.1) is 0 Å². The monoisotopic (exact) mass is 231 g/mol. The van der Waals surface area contributed by atoms with Crippen LogP contribution in [0.5, 0.6) is 0 Å². The van der Waals surface area contributed by atoms with Crippen molar-refractivity contribution in [3.63, 3.8) is 0 Å². The average molecular weight is 231 g/mol. The molecule has 0 aliphatic carbocycles. The molecule has 1 atom stereocenters. The normalized spacial score (nSPS) is 11.5. The van der Waals surface area contributed by atoms with Gasteiger partial charge < -0.3 is 10.5 Å². The Morgan fingerprint density at radius 1 is 1.41 bits per heavy atom. The van der Waals surface area contributed by atoms with E-state index >= 15 is 0 Å². The third kappa shape index (κ3) is 5.74. The minimum atomic E-state index is -0.235. The maximum absolute atomic E-state index is 11.4. The van der Waals surface area contributed by atoms with Crippen LogP contribution < -0.4 is 5.73 Å². The van der Waals surface area contributed by atoms with Gasteiger partial charge in [-0.15, -0.1) is 12.3 Å². The molecule has 17 heavy (non-hydrogen) atoms. The summed E-state index contributed by atoms with van der Waals surface area (Å²) in [5.41, 5.74) is 6.67. The van der Waals surface area contributed by atoms with Crippen molar-refractivity contribution in [2.75, 3.05) is 0 Å². The molecule has 0 amide bonds. The quantitative estimate of drug-likeness (QED) is 0.600. The van der Waals surface area contributed by atoms with Gasteiger partial charge in [-0.3, -0.25) is 4.79 Å². The summed E-state index contributed by atoms with van der Waals surface area (Å²) in [6.45, 7) is 0.310. The van der Waals surface area contributed by atoms with Gasteiger partial charge in [0, 0.05) is 18.9 Å². The van der Waals surface area contributed by atoms with Crippen LogP contribution in [-0.4, -0.2) is 12.0 Å². The molecule has 0 heterocycles. The summed E-state index contributed by atoms with van der Waals surface area (Å²) in [7, 11) is 0. The highest BCUT2D eigenvalue weighted by Crippen LogP contribution is 2.04. The molecule has 0 unspecified atom stereocenters. The third-order valence-electron chi connectivity index (χ3n) is 2.34. The fraction of sp³-hybridized carbons (Fsp3) is 0.357. The van der Waals surface area contributed by atoms with Crippen molar-refractivity contribution in [1.82, 2.24) is 0 Å². The van der Waals surface area contributed by atoms with Gasteiger partial charge in [0.15, 0.2) is 0 Å². The van der Waals surface area contributed by atoms with E-state index in [1.54, 1.807) is 0 Å². The molecule has 1 rings (SSSR count). The number of benzene rings is 1. The Bertz CT molecular complexity index is 381. The highest BCUT2D eigenvalue weighted by Gasteiger charge is 2.07. The third-order valence-corrected chi connectivity index (χ3v) is 2.34. The van der Waals surface area contributed by atoms with Gasteiger partial charge in [-0.1, -0.05) is 30.3 Å². The highest BCUT2D eigenvalue weighted by atomic mass is 16.5. The standard InChI is InChI=1S/C14H17NO2/c1-2-6-13(15)9-10-14(16)17-11-12-7-4-3-5-8-12/h1,3-5,7-8,13H,6,9-11,15H2/t13-/m1/s1. The van der Waals surface area contributed by atoms with Crippen molar-refractivity contribution in [3.05, 3.63) is 35.9 Å². The first-order chi connectivity index (χ1) is 8.22. The molecule has 0 saturated carbocycles. The lowest BCUT2D eigenvalue weighted by Gasteiger charge is -2.08. The number of carbonyl (C=O) groups excluding carboxylic acids is 1. The summed E-state index contributed by atoms with van der Waals surface area (Å²) < 4.78 is 5.11. The van der Waals surface area contributed by atoms with Crippen LogP contribution in [0.4, 0.5) is 0 Å². The van der Waals surface area contributed by atoms with E-state index in [1.807, 2.05) is 30.3 Å². The first-order valence-electron chi connectivity index (χ1n) is 5.61. The summed E-state index contributed by atoms with van der Waals surface area (Å²) in [4.78, 5) is 11.4. The first-order valence-corrected chi connectivity index (χ1v) is 5.61. The van der Waals surface area contributed by atoms with E-state index in [2.05, 4.69) is 5.92 Å². The second kappa shape index (κ2) is 7.48.